The molecule has 1 aromatic carbocycles. The van der Waals surface area contributed by atoms with Gasteiger partial charge in [-0.1, -0.05) is 56.4 Å². The molecule has 1 aliphatic rings. The van der Waals surface area contributed by atoms with Crippen LogP contribution >= 0.6 is 24.0 Å². The molecule has 1 fully saturated rings. The summed E-state index contributed by atoms with van der Waals surface area (Å²) in [5.74, 6) is 0.590. The van der Waals surface area contributed by atoms with Gasteiger partial charge in [-0.15, -0.1) is 24.0 Å². The van der Waals surface area contributed by atoms with Crippen LogP contribution in [0, 0.1) is 11.3 Å². The molecule has 10 heteroatoms. The van der Waals surface area contributed by atoms with Gasteiger partial charge in [0.05, 0.1) is 23.1 Å². The summed E-state index contributed by atoms with van der Waals surface area (Å²) in [6.07, 6.45) is 16.2. The quantitative estimate of drug-likeness (QED) is 0.125. The van der Waals surface area contributed by atoms with E-state index in [0.29, 0.717) is 22.2 Å². The fourth-order valence-corrected chi connectivity index (χ4v) is 7.03. The molecule has 3 aromatic rings. The molecule has 0 aliphatic carbocycles. The van der Waals surface area contributed by atoms with E-state index < -0.39 is 10.0 Å². The van der Waals surface area contributed by atoms with Crippen molar-refractivity contribution in [3.05, 3.63) is 82.9 Å². The third-order valence-electron chi connectivity index (χ3n) is 6.44. The number of nitrogens with zero attached hydrogens (tertiary/aromatic N) is 3. The second kappa shape index (κ2) is 15.8. The second-order valence-electron chi connectivity index (χ2n) is 9.14. The van der Waals surface area contributed by atoms with Crippen molar-refractivity contribution in [2.75, 3.05) is 31.0 Å². The minimum absolute atomic E-state index is 0.310. The molecular formula is C30H39N5O2S3. The van der Waals surface area contributed by atoms with Crippen LogP contribution < -0.4 is 4.31 Å². The highest BCUT2D eigenvalue weighted by Crippen LogP contribution is 2.31. The largest absolute Gasteiger partial charge is 0.352 e. The molecule has 4 rings (SSSR count). The first-order valence-corrected chi connectivity index (χ1v) is 16.2. The van der Waals surface area contributed by atoms with Gasteiger partial charge in [0.25, 0.3) is 10.0 Å². The molecule has 0 atom stereocenters. The van der Waals surface area contributed by atoms with Crippen molar-refractivity contribution in [1.82, 2.24) is 9.88 Å². The Kier molecular flexibility index (Phi) is 12.5. The van der Waals surface area contributed by atoms with Gasteiger partial charge in [-0.2, -0.15) is 0 Å². The fraction of sp³-hybridized carbons (Fsp3) is 0.333. The predicted molar refractivity (Wildman–Crippen MR) is 175 cm³/mol. The van der Waals surface area contributed by atoms with Crippen molar-refractivity contribution in [2.45, 2.75) is 37.3 Å². The van der Waals surface area contributed by atoms with Crippen molar-refractivity contribution < 1.29 is 8.42 Å². The van der Waals surface area contributed by atoms with E-state index in [4.69, 9.17) is 5.41 Å². The molecule has 2 N–H and O–H groups in total. The van der Waals surface area contributed by atoms with Crippen LogP contribution in [0.25, 0.3) is 10.9 Å². The number of hydrogen-bond donors (Lipinski definition) is 3. The van der Waals surface area contributed by atoms with Crippen molar-refractivity contribution in [2.24, 2.45) is 10.9 Å². The number of piperidine rings is 1. The highest BCUT2D eigenvalue weighted by Gasteiger charge is 2.24. The summed E-state index contributed by atoms with van der Waals surface area (Å²) < 4.78 is 27.7. The maximum absolute atomic E-state index is 13.0. The van der Waals surface area contributed by atoms with Crippen LogP contribution in [0.1, 0.15) is 38.8 Å². The highest BCUT2D eigenvalue weighted by molar-refractivity contribution is 7.94. The molecule has 40 heavy (non-hydrogen) atoms. The summed E-state index contributed by atoms with van der Waals surface area (Å²) in [7, 11) is -2.05. The first kappa shape index (κ1) is 31.6. The maximum atomic E-state index is 13.0. The smallest absolute Gasteiger partial charge is 0.273 e. The number of aromatic nitrogens is 1. The number of aliphatic imine (C=N–C) groups is 1. The Bertz CT molecular complexity index is 1450. The third kappa shape index (κ3) is 8.54. The van der Waals surface area contributed by atoms with Crippen LogP contribution in [0.2, 0.25) is 0 Å². The molecule has 3 heterocycles. The number of thiophene rings is 1. The van der Waals surface area contributed by atoms with E-state index in [1.807, 2.05) is 44.2 Å². The Hall–Kier alpha value is -2.92. The lowest BCUT2D eigenvalue weighted by Crippen LogP contribution is -2.34. The topological polar surface area (TPSA) is 92.6 Å². The van der Waals surface area contributed by atoms with Crippen LogP contribution in [-0.4, -0.2) is 57.4 Å². The van der Waals surface area contributed by atoms with E-state index in [0.717, 1.165) is 54.0 Å². The summed E-state index contributed by atoms with van der Waals surface area (Å²) in [5, 5.41) is 9.71. The number of aromatic amines is 1. The molecule has 2 aromatic heterocycles. The molecule has 0 saturated carbocycles. The number of fused-ring (bicyclic) bond motifs is 1. The van der Waals surface area contributed by atoms with Crippen LogP contribution in [-0.2, 0) is 10.0 Å². The second-order valence-corrected chi connectivity index (χ2v) is 12.9. The first-order chi connectivity index (χ1) is 19.4. The van der Waals surface area contributed by atoms with Gasteiger partial charge in [0.15, 0.2) is 0 Å². The van der Waals surface area contributed by atoms with Crippen LogP contribution in [0.5, 0.6) is 0 Å². The van der Waals surface area contributed by atoms with Gasteiger partial charge in [0.1, 0.15) is 4.21 Å². The van der Waals surface area contributed by atoms with Gasteiger partial charge < -0.3 is 10.4 Å². The zero-order valence-electron chi connectivity index (χ0n) is 23.3. The molecule has 0 radical (unpaired) electrons. The summed E-state index contributed by atoms with van der Waals surface area (Å²) in [4.78, 5) is 11.1. The molecule has 0 amide bonds. The number of rotatable bonds is 11. The molecule has 0 unspecified atom stereocenters. The lowest BCUT2D eigenvalue weighted by atomic mass is 9.96. The SMILES string of the molecule is CC.CN(c1cccc2cc(C=N/C=C(\S)CN3CCC(/C=C/C=CCC=N)CC3)[nH]c12)S(=O)(=O)c1cccs1. The number of allylic oxidation sites excluding steroid dienone is 4. The Balaban J connectivity index is 0.00000216. The molecule has 1 saturated heterocycles. The van der Waals surface area contributed by atoms with Gasteiger partial charge in [0.2, 0.25) is 0 Å². The molecule has 0 spiro atoms. The Labute approximate surface area is 248 Å². The number of anilines is 1. The minimum Gasteiger partial charge on any atom is -0.352 e. The van der Waals surface area contributed by atoms with Crippen molar-refractivity contribution >= 4 is 63.0 Å². The zero-order valence-corrected chi connectivity index (χ0v) is 25.9. The van der Waals surface area contributed by atoms with Gasteiger partial charge in [-0.25, -0.2) is 8.42 Å². The number of thiol groups is 1. The van der Waals surface area contributed by atoms with Crippen LogP contribution in [0.4, 0.5) is 5.69 Å². The van der Waals surface area contributed by atoms with Gasteiger partial charge in [0, 0.05) is 36.5 Å². The predicted octanol–water partition coefficient (Wildman–Crippen LogP) is 7.13. The van der Waals surface area contributed by atoms with E-state index in [2.05, 4.69) is 39.7 Å². The minimum atomic E-state index is -3.63. The summed E-state index contributed by atoms with van der Waals surface area (Å²) in [6, 6.07) is 10.9. The first-order valence-electron chi connectivity index (χ1n) is 13.5. The normalized spacial score (nSPS) is 15.8. The molecule has 0 bridgehead atoms. The van der Waals surface area contributed by atoms with Gasteiger partial charge >= 0.3 is 0 Å². The van der Waals surface area contributed by atoms with Crippen molar-refractivity contribution in [3.8, 4) is 0 Å². The molecular weight excluding hydrogens is 559 g/mol. The molecule has 214 valence electrons. The Morgan fingerprint density at radius 1 is 1.23 bits per heavy atom. The van der Waals surface area contributed by atoms with E-state index in [-0.39, 0.29) is 0 Å². The van der Waals surface area contributed by atoms with Crippen molar-refractivity contribution in [3.63, 3.8) is 0 Å². The van der Waals surface area contributed by atoms with E-state index in [9.17, 15) is 8.42 Å². The number of sulfonamides is 1. The average molecular weight is 598 g/mol. The summed E-state index contributed by atoms with van der Waals surface area (Å²) in [5.41, 5.74) is 2.12. The zero-order chi connectivity index (χ0) is 29.0. The van der Waals surface area contributed by atoms with E-state index >= 15 is 0 Å². The van der Waals surface area contributed by atoms with Crippen LogP contribution in [0.15, 0.2) is 86.4 Å². The lowest BCUT2D eigenvalue weighted by molar-refractivity contribution is 0.221. The molecule has 1 aliphatic heterocycles. The Morgan fingerprint density at radius 3 is 2.70 bits per heavy atom. The van der Waals surface area contributed by atoms with Crippen LogP contribution in [0.3, 0.4) is 0 Å². The van der Waals surface area contributed by atoms with Gasteiger partial charge in [-0.3, -0.25) is 14.2 Å². The number of likely N-dealkylation sites (tertiary alicyclic amines) is 1. The van der Waals surface area contributed by atoms with Gasteiger partial charge in [-0.05, 0) is 61.6 Å². The third-order valence-corrected chi connectivity index (χ3v) is 9.84. The number of para-hydroxylation sites is 1. The summed E-state index contributed by atoms with van der Waals surface area (Å²) >= 11 is 5.84. The number of H-pyrrole nitrogens is 1. The highest BCUT2D eigenvalue weighted by atomic mass is 32.2. The molecule has 7 nitrogen and oxygen atoms in total. The maximum Gasteiger partial charge on any atom is 0.273 e. The standard InChI is InChI=1S/C28H33N5O2S3.C2H6/c1-32(38(34,35)27-11-7-17-37-27)26-10-6-9-23-18-24(31-28(23)26)19-30-20-25(36)21-33-15-12-22(13-16-33)8-4-2-3-5-14-29;1-2/h2-4,6-11,14,17-20,22,29,31,36H,5,12-13,15-16,21H2,1H3;1-2H3/b3-2?,8-4+,25-20-,29-14?,30-19?;. The lowest BCUT2D eigenvalue weighted by Gasteiger charge is -2.30. The van der Waals surface area contributed by atoms with Crippen molar-refractivity contribution in [1.29, 1.82) is 5.41 Å². The monoisotopic (exact) mass is 597 g/mol. The fourth-order valence-electron chi connectivity index (χ4n) is 4.39. The summed E-state index contributed by atoms with van der Waals surface area (Å²) in [6.45, 7) is 6.80. The van der Waals surface area contributed by atoms with E-state index in [1.54, 1.807) is 43.0 Å². The van der Waals surface area contributed by atoms with E-state index in [1.165, 1.54) is 21.9 Å². The average Bonchev–Trinajstić information content (AvgIpc) is 3.65. The number of benzene rings is 1. The Morgan fingerprint density at radius 2 is 2.00 bits per heavy atom. The number of hydrogen-bond acceptors (Lipinski definition) is 7. The number of nitrogens with one attached hydrogen (secondary N) is 2.